The molecule has 0 heterocycles. The van der Waals surface area contributed by atoms with Gasteiger partial charge in [0.25, 0.3) is 20.2 Å². The van der Waals surface area contributed by atoms with Crippen molar-refractivity contribution in [2.45, 2.75) is 70.6 Å². The summed E-state index contributed by atoms with van der Waals surface area (Å²) in [5.41, 5.74) is 0. The maximum absolute atomic E-state index is 10.5. The molecule has 22 heavy (non-hydrogen) atoms. The number of hydrogen-bond donors (Lipinski definition) is 2. The molecule has 0 fully saturated rings. The Hall–Kier alpha value is -0.440. The lowest BCUT2D eigenvalue weighted by Gasteiger charge is -2.02. The van der Waals surface area contributed by atoms with Crippen LogP contribution in [0.2, 0.25) is 0 Å². The largest absolute Gasteiger partial charge is 0.287 e. The molecule has 2 N–H and O–H groups in total. The second kappa shape index (κ2) is 12.0. The molecule has 0 spiro atoms. The number of allylic oxidation sites excluding steroid dienone is 1. The fourth-order valence-corrected chi connectivity index (χ4v) is 3.10. The van der Waals surface area contributed by atoms with Crippen molar-refractivity contribution in [1.82, 2.24) is 0 Å². The highest BCUT2D eigenvalue weighted by atomic mass is 32.2. The Morgan fingerprint density at radius 1 is 0.636 bits per heavy atom. The van der Waals surface area contributed by atoms with Gasteiger partial charge >= 0.3 is 0 Å². The fourth-order valence-electron chi connectivity index (χ4n) is 2.15. The lowest BCUT2D eigenvalue weighted by atomic mass is 10.1. The predicted molar refractivity (Wildman–Crippen MR) is 87.9 cm³/mol. The lowest BCUT2D eigenvalue weighted by Crippen LogP contribution is -2.03. The molecular weight excluding hydrogens is 328 g/mol. The molecule has 0 saturated carbocycles. The molecular formula is C14H28O6S2. The van der Waals surface area contributed by atoms with E-state index < -0.39 is 20.2 Å². The first-order valence-corrected chi connectivity index (χ1v) is 10.9. The molecule has 0 aliphatic heterocycles. The molecule has 0 saturated heterocycles. The van der Waals surface area contributed by atoms with Crippen LogP contribution in [-0.2, 0) is 20.2 Å². The normalized spacial score (nSPS) is 13.0. The highest BCUT2D eigenvalue weighted by Gasteiger charge is 2.02. The van der Waals surface area contributed by atoms with E-state index in [1.54, 1.807) is 0 Å². The van der Waals surface area contributed by atoms with Crippen LogP contribution in [0.1, 0.15) is 70.6 Å². The van der Waals surface area contributed by atoms with Crippen LogP contribution in [0, 0.1) is 0 Å². The zero-order valence-electron chi connectivity index (χ0n) is 13.0. The maximum Gasteiger partial charge on any atom is 0.287 e. The summed E-state index contributed by atoms with van der Waals surface area (Å²) in [7, 11) is -7.77. The quantitative estimate of drug-likeness (QED) is 0.364. The monoisotopic (exact) mass is 356 g/mol. The number of unbranched alkanes of at least 4 members (excludes halogenated alkanes) is 10. The molecule has 0 aliphatic carbocycles. The molecule has 0 atom stereocenters. The van der Waals surface area contributed by atoms with E-state index in [4.69, 9.17) is 9.11 Å². The maximum atomic E-state index is 10.5. The summed E-state index contributed by atoms with van der Waals surface area (Å²) in [4.78, 5) is 0. The minimum absolute atomic E-state index is 0.140. The van der Waals surface area contributed by atoms with Crippen LogP contribution < -0.4 is 0 Å². The minimum atomic E-state index is -3.97. The summed E-state index contributed by atoms with van der Waals surface area (Å²) < 4.78 is 58.8. The SMILES string of the molecule is O=S(=O)(O)C=CCCCCCCCCCCCCS(=O)(=O)O. The lowest BCUT2D eigenvalue weighted by molar-refractivity contribution is 0.478. The van der Waals surface area contributed by atoms with E-state index in [1.807, 2.05) is 0 Å². The van der Waals surface area contributed by atoms with Gasteiger partial charge < -0.3 is 0 Å². The summed E-state index contributed by atoms with van der Waals surface area (Å²) in [6.07, 6.45) is 12.1. The van der Waals surface area contributed by atoms with Gasteiger partial charge in [-0.2, -0.15) is 16.8 Å². The van der Waals surface area contributed by atoms with Gasteiger partial charge in [-0.15, -0.1) is 0 Å². The first kappa shape index (κ1) is 21.6. The van der Waals surface area contributed by atoms with Gasteiger partial charge in [0, 0.05) is 0 Å². The summed E-state index contributed by atoms with van der Waals surface area (Å²) in [5, 5.41) is 0.828. The van der Waals surface area contributed by atoms with Gasteiger partial charge in [-0.1, -0.05) is 57.4 Å². The van der Waals surface area contributed by atoms with E-state index >= 15 is 0 Å². The van der Waals surface area contributed by atoms with E-state index in [0.717, 1.165) is 63.2 Å². The molecule has 0 unspecified atom stereocenters. The van der Waals surface area contributed by atoms with Crippen LogP contribution in [0.5, 0.6) is 0 Å². The Morgan fingerprint density at radius 2 is 1.05 bits per heavy atom. The average molecular weight is 357 g/mol. The van der Waals surface area contributed by atoms with Gasteiger partial charge in [0.2, 0.25) is 0 Å². The highest BCUT2D eigenvalue weighted by molar-refractivity contribution is 7.88. The van der Waals surface area contributed by atoms with Crippen molar-refractivity contribution in [2.75, 3.05) is 5.75 Å². The van der Waals surface area contributed by atoms with Crippen molar-refractivity contribution in [3.63, 3.8) is 0 Å². The van der Waals surface area contributed by atoms with E-state index in [-0.39, 0.29) is 5.75 Å². The van der Waals surface area contributed by atoms with Crippen molar-refractivity contribution < 1.29 is 25.9 Å². The van der Waals surface area contributed by atoms with Crippen LogP contribution in [-0.4, -0.2) is 31.7 Å². The first-order chi connectivity index (χ1) is 10.2. The van der Waals surface area contributed by atoms with Crippen molar-refractivity contribution in [3.8, 4) is 0 Å². The van der Waals surface area contributed by atoms with Crippen LogP contribution in [0.4, 0.5) is 0 Å². The Bertz CT molecular complexity index is 493. The van der Waals surface area contributed by atoms with Crippen molar-refractivity contribution >= 4 is 20.2 Å². The van der Waals surface area contributed by atoms with Gasteiger partial charge in [-0.3, -0.25) is 9.11 Å². The Labute approximate surface area is 134 Å². The molecule has 0 aromatic rings. The van der Waals surface area contributed by atoms with Crippen molar-refractivity contribution in [2.24, 2.45) is 0 Å². The van der Waals surface area contributed by atoms with Crippen LogP contribution in [0.15, 0.2) is 11.5 Å². The van der Waals surface area contributed by atoms with E-state index in [2.05, 4.69) is 0 Å². The standard InChI is InChI=1S/C14H28O6S2/c15-21(16,17)13-11-9-7-5-3-1-2-4-6-8-10-12-14-22(18,19)20/h11,13H,1-10,12,14H2,(H,15,16,17)(H,18,19,20). The number of hydrogen-bond acceptors (Lipinski definition) is 4. The predicted octanol–water partition coefficient (Wildman–Crippen LogP) is 3.57. The zero-order chi connectivity index (χ0) is 16.9. The first-order valence-electron chi connectivity index (χ1n) is 7.80. The molecule has 0 aromatic heterocycles. The van der Waals surface area contributed by atoms with Gasteiger partial charge in [0.15, 0.2) is 0 Å². The smallest absolute Gasteiger partial charge is 0.286 e. The summed E-state index contributed by atoms with van der Waals surface area (Å²) in [5.74, 6) is -0.140. The van der Waals surface area contributed by atoms with Crippen molar-refractivity contribution in [1.29, 1.82) is 0 Å². The van der Waals surface area contributed by atoms with E-state index in [9.17, 15) is 16.8 Å². The van der Waals surface area contributed by atoms with Gasteiger partial charge in [-0.25, -0.2) is 0 Å². The average Bonchev–Trinajstić information content (AvgIpc) is 2.36. The molecule has 8 heteroatoms. The van der Waals surface area contributed by atoms with Gasteiger partial charge in [-0.05, 0) is 19.3 Å². The Balaban J connectivity index is 3.23. The third-order valence-corrected chi connectivity index (χ3v) is 4.63. The third-order valence-electron chi connectivity index (χ3n) is 3.29. The number of rotatable bonds is 14. The minimum Gasteiger partial charge on any atom is -0.286 e. The molecule has 0 amide bonds. The molecule has 0 bridgehead atoms. The van der Waals surface area contributed by atoms with Crippen LogP contribution >= 0.6 is 0 Å². The van der Waals surface area contributed by atoms with Gasteiger partial charge in [0.1, 0.15) is 0 Å². The Morgan fingerprint density at radius 3 is 1.45 bits per heavy atom. The Kier molecular flexibility index (Phi) is 11.8. The van der Waals surface area contributed by atoms with Gasteiger partial charge in [0.05, 0.1) is 11.2 Å². The third kappa shape index (κ3) is 19.6. The molecule has 0 aromatic carbocycles. The highest BCUT2D eigenvalue weighted by Crippen LogP contribution is 2.11. The summed E-state index contributed by atoms with van der Waals surface area (Å²) in [6.45, 7) is 0. The molecule has 0 aliphatic rings. The van der Waals surface area contributed by atoms with Crippen LogP contribution in [0.25, 0.3) is 0 Å². The van der Waals surface area contributed by atoms with E-state index in [1.165, 1.54) is 6.08 Å². The molecule has 0 rings (SSSR count). The van der Waals surface area contributed by atoms with Crippen molar-refractivity contribution in [3.05, 3.63) is 11.5 Å². The molecule has 6 nitrogen and oxygen atoms in total. The fraction of sp³-hybridized carbons (Fsp3) is 0.857. The second-order valence-electron chi connectivity index (χ2n) is 5.50. The topological polar surface area (TPSA) is 109 Å². The second-order valence-corrected chi connectivity index (χ2v) is 8.37. The molecule has 0 radical (unpaired) electrons. The molecule has 132 valence electrons. The van der Waals surface area contributed by atoms with E-state index in [0.29, 0.717) is 12.8 Å². The van der Waals surface area contributed by atoms with Crippen LogP contribution in [0.3, 0.4) is 0 Å². The zero-order valence-corrected chi connectivity index (χ0v) is 14.6. The summed E-state index contributed by atoms with van der Waals surface area (Å²) in [6, 6.07) is 0. The summed E-state index contributed by atoms with van der Waals surface area (Å²) >= 11 is 0.